The van der Waals surface area contributed by atoms with Crippen LogP contribution in [-0.4, -0.2) is 17.0 Å². The van der Waals surface area contributed by atoms with Crippen LogP contribution < -0.4 is 5.32 Å². The summed E-state index contributed by atoms with van der Waals surface area (Å²) in [6.45, 7) is 8.98. The second kappa shape index (κ2) is 7.31. The van der Waals surface area contributed by atoms with E-state index in [1.165, 1.54) is 11.3 Å². The molecule has 0 spiro atoms. The van der Waals surface area contributed by atoms with Crippen LogP contribution in [0.5, 0.6) is 0 Å². The Hall–Kier alpha value is 0.01000. The van der Waals surface area contributed by atoms with Crippen LogP contribution in [0.4, 0.5) is 0 Å². The Balaban J connectivity index is 2.09. The predicted octanol–water partition coefficient (Wildman–Crippen LogP) is 3.76. The van der Waals surface area contributed by atoms with E-state index in [0.29, 0.717) is 5.25 Å². The topological polar surface area (TPSA) is 12.0 Å². The fourth-order valence-electron chi connectivity index (χ4n) is 1.35. The molecule has 15 heavy (non-hydrogen) atoms. The monoisotopic (exact) mass is 243 g/mol. The summed E-state index contributed by atoms with van der Waals surface area (Å²) in [6.07, 6.45) is 1.26. The van der Waals surface area contributed by atoms with Crippen molar-refractivity contribution in [2.24, 2.45) is 0 Å². The van der Waals surface area contributed by atoms with E-state index in [-0.39, 0.29) is 0 Å². The van der Waals surface area contributed by atoms with E-state index < -0.39 is 0 Å². The lowest BCUT2D eigenvalue weighted by Crippen LogP contribution is -2.23. The Kier molecular flexibility index (Phi) is 6.37. The Morgan fingerprint density at radius 3 is 2.80 bits per heavy atom. The average Bonchev–Trinajstić information content (AvgIpc) is 2.70. The van der Waals surface area contributed by atoms with Gasteiger partial charge in [-0.15, -0.1) is 11.3 Å². The molecule has 0 aliphatic rings. The zero-order valence-corrected chi connectivity index (χ0v) is 11.5. The molecule has 2 unspecified atom stereocenters. The molecule has 0 amide bonds. The molecule has 0 saturated carbocycles. The lowest BCUT2D eigenvalue weighted by atomic mass is 10.4. The molecule has 1 aromatic rings. The second-order valence-corrected chi connectivity index (χ2v) is 6.79. The molecule has 1 rings (SSSR count). The molecule has 2 atom stereocenters. The minimum Gasteiger partial charge on any atom is -0.311 e. The van der Waals surface area contributed by atoms with Gasteiger partial charge in [0.2, 0.25) is 0 Å². The van der Waals surface area contributed by atoms with E-state index in [2.05, 4.69) is 55.4 Å². The van der Waals surface area contributed by atoms with E-state index in [4.69, 9.17) is 0 Å². The van der Waals surface area contributed by atoms with Gasteiger partial charge in [-0.3, -0.25) is 0 Å². The first-order chi connectivity index (χ1) is 7.22. The number of hydrogen-bond donors (Lipinski definition) is 1. The van der Waals surface area contributed by atoms with Crippen molar-refractivity contribution in [1.29, 1.82) is 0 Å². The third-order valence-corrected chi connectivity index (χ3v) is 4.66. The van der Waals surface area contributed by atoms with E-state index in [1.54, 1.807) is 0 Å². The van der Waals surface area contributed by atoms with Crippen LogP contribution in [0.25, 0.3) is 0 Å². The summed E-state index contributed by atoms with van der Waals surface area (Å²) in [7, 11) is 0. The fourth-order valence-corrected chi connectivity index (χ4v) is 3.23. The molecule has 0 fully saturated rings. The van der Waals surface area contributed by atoms with Crippen molar-refractivity contribution in [2.45, 2.75) is 44.2 Å². The summed E-state index contributed by atoms with van der Waals surface area (Å²) in [6, 6.07) is 4.29. The highest BCUT2D eigenvalue weighted by atomic mass is 32.2. The molecule has 0 radical (unpaired) electrons. The highest BCUT2D eigenvalue weighted by molar-refractivity contribution is 8.00. The van der Waals surface area contributed by atoms with Crippen molar-refractivity contribution in [3.05, 3.63) is 22.4 Å². The molecule has 0 aliphatic carbocycles. The molecule has 0 bridgehead atoms. The van der Waals surface area contributed by atoms with Gasteiger partial charge in [0.05, 0.1) is 0 Å². The summed E-state index contributed by atoms with van der Waals surface area (Å²) in [5.41, 5.74) is 0. The second-order valence-electron chi connectivity index (χ2n) is 3.88. The summed E-state index contributed by atoms with van der Waals surface area (Å²) >= 11 is 3.90. The van der Waals surface area contributed by atoms with E-state index in [9.17, 15) is 0 Å². The maximum absolute atomic E-state index is 3.51. The van der Waals surface area contributed by atoms with Crippen molar-refractivity contribution in [1.82, 2.24) is 5.32 Å². The Morgan fingerprint density at radius 2 is 2.20 bits per heavy atom. The third-order valence-electron chi connectivity index (χ3n) is 2.35. The van der Waals surface area contributed by atoms with Gasteiger partial charge in [0, 0.05) is 28.5 Å². The molecule has 0 aliphatic heterocycles. The van der Waals surface area contributed by atoms with Gasteiger partial charge >= 0.3 is 0 Å². The maximum Gasteiger partial charge on any atom is 0.0300 e. The van der Waals surface area contributed by atoms with Gasteiger partial charge in [-0.2, -0.15) is 11.8 Å². The molecule has 86 valence electrons. The van der Waals surface area contributed by atoms with Crippen molar-refractivity contribution in [3.8, 4) is 0 Å². The molecule has 1 aromatic heterocycles. The van der Waals surface area contributed by atoms with E-state index >= 15 is 0 Å². The third kappa shape index (κ3) is 5.59. The first-order valence-corrected chi connectivity index (χ1v) is 7.43. The minimum absolute atomic E-state index is 0.708. The zero-order chi connectivity index (χ0) is 11.1. The first kappa shape index (κ1) is 13.1. The Labute approximate surface area is 102 Å². The number of nitrogens with one attached hydrogen (secondary N) is 1. The SMILES string of the molecule is CCC(C)SC(C)CNCc1cccs1. The number of thiophene rings is 1. The summed E-state index contributed by atoms with van der Waals surface area (Å²) in [5, 5.41) is 7.13. The molecule has 1 N–H and O–H groups in total. The maximum atomic E-state index is 3.51. The van der Waals surface area contributed by atoms with Crippen LogP contribution in [0.1, 0.15) is 32.1 Å². The van der Waals surface area contributed by atoms with Crippen LogP contribution in [0, 0.1) is 0 Å². The summed E-state index contributed by atoms with van der Waals surface area (Å²) in [4.78, 5) is 1.43. The van der Waals surface area contributed by atoms with Gasteiger partial charge in [-0.25, -0.2) is 0 Å². The number of rotatable bonds is 7. The molecule has 0 aromatic carbocycles. The van der Waals surface area contributed by atoms with Gasteiger partial charge in [0.25, 0.3) is 0 Å². The van der Waals surface area contributed by atoms with E-state index in [0.717, 1.165) is 18.3 Å². The van der Waals surface area contributed by atoms with Crippen LogP contribution in [0.15, 0.2) is 17.5 Å². The van der Waals surface area contributed by atoms with Gasteiger partial charge in [0.1, 0.15) is 0 Å². The van der Waals surface area contributed by atoms with Crippen LogP contribution in [0.3, 0.4) is 0 Å². The van der Waals surface area contributed by atoms with Crippen molar-refractivity contribution in [3.63, 3.8) is 0 Å². The molecule has 1 heterocycles. The Bertz CT molecular complexity index is 246. The van der Waals surface area contributed by atoms with Gasteiger partial charge in [-0.1, -0.05) is 26.8 Å². The normalized spacial score (nSPS) is 15.1. The van der Waals surface area contributed by atoms with Crippen LogP contribution in [-0.2, 0) is 6.54 Å². The lowest BCUT2D eigenvalue weighted by Gasteiger charge is -2.16. The van der Waals surface area contributed by atoms with Gasteiger partial charge in [-0.05, 0) is 17.9 Å². The zero-order valence-electron chi connectivity index (χ0n) is 9.82. The molecule has 3 heteroatoms. The minimum atomic E-state index is 0.708. The fraction of sp³-hybridized carbons (Fsp3) is 0.667. The van der Waals surface area contributed by atoms with Gasteiger partial charge in [0.15, 0.2) is 0 Å². The Morgan fingerprint density at radius 1 is 1.40 bits per heavy atom. The predicted molar refractivity (Wildman–Crippen MR) is 72.8 cm³/mol. The van der Waals surface area contributed by atoms with Crippen molar-refractivity contribution < 1.29 is 0 Å². The molecular weight excluding hydrogens is 222 g/mol. The highest BCUT2D eigenvalue weighted by Crippen LogP contribution is 2.19. The molecule has 0 saturated heterocycles. The first-order valence-electron chi connectivity index (χ1n) is 5.61. The molecular formula is C12H21NS2. The summed E-state index contributed by atoms with van der Waals surface area (Å²) in [5.74, 6) is 0. The van der Waals surface area contributed by atoms with Crippen molar-refractivity contribution in [2.75, 3.05) is 6.54 Å². The number of thioether (sulfide) groups is 1. The van der Waals surface area contributed by atoms with E-state index in [1.807, 2.05) is 11.3 Å². The average molecular weight is 243 g/mol. The van der Waals surface area contributed by atoms with Crippen LogP contribution in [0.2, 0.25) is 0 Å². The van der Waals surface area contributed by atoms with Gasteiger partial charge < -0.3 is 5.32 Å². The molecule has 1 nitrogen and oxygen atoms in total. The standard InChI is InChI=1S/C12H21NS2/c1-4-10(2)15-11(3)8-13-9-12-6-5-7-14-12/h5-7,10-11,13H,4,8-9H2,1-3H3. The largest absolute Gasteiger partial charge is 0.311 e. The summed E-state index contributed by atoms with van der Waals surface area (Å²) < 4.78 is 0. The van der Waals surface area contributed by atoms with Crippen molar-refractivity contribution >= 4 is 23.1 Å². The van der Waals surface area contributed by atoms with Crippen LogP contribution >= 0.6 is 23.1 Å². The number of hydrogen-bond acceptors (Lipinski definition) is 3. The smallest absolute Gasteiger partial charge is 0.0300 e. The quantitative estimate of drug-likeness (QED) is 0.782. The highest BCUT2D eigenvalue weighted by Gasteiger charge is 2.06. The lowest BCUT2D eigenvalue weighted by molar-refractivity contribution is 0.688.